The Bertz CT molecular complexity index is 1300. The molecular weight excluding hydrogens is 490 g/mol. The molecule has 1 fully saturated rings. The standard InChI is InChI=1S/C24H22F2N6O5/c25-16-9-13(10-17(26)21(16)30-5-7-31(8-6-30)24(37)19(34)12-33)20(18-11-27-29-28-18)32-22(35)14-3-1-2-4-15(14)23(32)36/h1-4,9-11,19-20,33-34H,5-8,12H2,(H,27,28,29). The second-order valence-corrected chi connectivity index (χ2v) is 8.67. The number of nitrogens with zero attached hydrogens (tertiary/aromatic N) is 5. The number of amides is 3. The number of hydrogen-bond donors (Lipinski definition) is 3. The zero-order valence-corrected chi connectivity index (χ0v) is 19.3. The van der Waals surface area contributed by atoms with Gasteiger partial charge in [0.05, 0.1) is 17.7 Å². The van der Waals surface area contributed by atoms with Gasteiger partial charge in [-0.3, -0.25) is 24.4 Å². The molecule has 3 N–H and O–H groups in total. The Labute approximate surface area is 208 Å². The van der Waals surface area contributed by atoms with Crippen molar-refractivity contribution in [1.82, 2.24) is 25.2 Å². The van der Waals surface area contributed by atoms with Crippen molar-refractivity contribution in [3.05, 3.63) is 76.6 Å². The summed E-state index contributed by atoms with van der Waals surface area (Å²) in [6, 6.07) is 7.10. The van der Waals surface area contributed by atoms with Gasteiger partial charge in [0.1, 0.15) is 29.1 Å². The lowest BCUT2D eigenvalue weighted by atomic mass is 10.0. The Morgan fingerprint density at radius 2 is 1.62 bits per heavy atom. The largest absolute Gasteiger partial charge is 0.393 e. The molecule has 37 heavy (non-hydrogen) atoms. The Morgan fingerprint density at radius 1 is 1.03 bits per heavy atom. The van der Waals surface area contributed by atoms with Crippen LogP contribution in [0.15, 0.2) is 42.6 Å². The molecule has 0 radical (unpaired) electrons. The van der Waals surface area contributed by atoms with Crippen molar-refractivity contribution in [1.29, 1.82) is 0 Å². The van der Waals surface area contributed by atoms with Crippen molar-refractivity contribution < 1.29 is 33.4 Å². The van der Waals surface area contributed by atoms with Crippen LogP contribution in [0, 0.1) is 11.6 Å². The molecule has 0 aliphatic carbocycles. The van der Waals surface area contributed by atoms with E-state index < -0.39 is 48.1 Å². The van der Waals surface area contributed by atoms with Crippen LogP contribution in [-0.4, -0.2) is 92.0 Å². The van der Waals surface area contributed by atoms with Crippen molar-refractivity contribution in [3.8, 4) is 0 Å². The number of piperazine rings is 1. The van der Waals surface area contributed by atoms with Crippen LogP contribution in [0.3, 0.4) is 0 Å². The lowest BCUT2D eigenvalue weighted by Gasteiger charge is -2.37. The number of rotatable bonds is 6. The Balaban J connectivity index is 1.45. The molecule has 3 amide bonds. The van der Waals surface area contributed by atoms with E-state index in [0.717, 1.165) is 17.0 Å². The van der Waals surface area contributed by atoms with Crippen LogP contribution in [0.1, 0.15) is 38.0 Å². The van der Waals surface area contributed by atoms with Gasteiger partial charge in [0.2, 0.25) is 0 Å². The van der Waals surface area contributed by atoms with Gasteiger partial charge in [0.25, 0.3) is 17.7 Å². The number of aliphatic hydroxyl groups is 2. The van der Waals surface area contributed by atoms with Gasteiger partial charge >= 0.3 is 0 Å². The fraction of sp³-hybridized carbons (Fsp3) is 0.292. The summed E-state index contributed by atoms with van der Waals surface area (Å²) >= 11 is 0. The first-order valence-corrected chi connectivity index (χ1v) is 11.5. The highest BCUT2D eigenvalue weighted by Gasteiger charge is 2.42. The number of nitrogens with one attached hydrogen (secondary N) is 1. The minimum absolute atomic E-state index is 0.0120. The summed E-state index contributed by atoms with van der Waals surface area (Å²) in [7, 11) is 0. The molecule has 5 rings (SSSR count). The van der Waals surface area contributed by atoms with E-state index in [1.807, 2.05) is 0 Å². The second kappa shape index (κ2) is 9.67. The highest BCUT2D eigenvalue weighted by atomic mass is 19.1. The molecule has 1 saturated heterocycles. The number of benzene rings is 2. The molecule has 13 heteroatoms. The lowest BCUT2D eigenvalue weighted by molar-refractivity contribution is -0.142. The number of carbonyl (C=O) groups is 3. The molecule has 2 unspecified atom stereocenters. The van der Waals surface area contributed by atoms with Gasteiger partial charge in [-0.15, -0.1) is 5.10 Å². The number of fused-ring (bicyclic) bond motifs is 1. The summed E-state index contributed by atoms with van der Waals surface area (Å²) in [5.41, 5.74) is 0.145. The first-order valence-electron chi connectivity index (χ1n) is 11.5. The molecule has 2 aromatic carbocycles. The zero-order valence-electron chi connectivity index (χ0n) is 19.3. The van der Waals surface area contributed by atoms with Crippen LogP contribution in [0.25, 0.3) is 0 Å². The third kappa shape index (κ3) is 4.21. The number of hydrogen-bond acceptors (Lipinski definition) is 8. The topological polar surface area (TPSA) is 143 Å². The maximum atomic E-state index is 15.4. The predicted molar refractivity (Wildman–Crippen MR) is 123 cm³/mol. The van der Waals surface area contributed by atoms with E-state index >= 15 is 8.78 Å². The smallest absolute Gasteiger partial charge is 0.262 e. The Morgan fingerprint density at radius 3 is 2.14 bits per heavy atom. The molecule has 2 atom stereocenters. The van der Waals surface area contributed by atoms with Gasteiger partial charge in [-0.25, -0.2) is 8.78 Å². The molecule has 2 aliphatic heterocycles. The number of H-pyrrole nitrogens is 1. The van der Waals surface area contributed by atoms with Gasteiger partial charge in [-0.1, -0.05) is 17.3 Å². The van der Waals surface area contributed by atoms with E-state index in [-0.39, 0.29) is 54.3 Å². The summed E-state index contributed by atoms with van der Waals surface area (Å²) < 4.78 is 30.8. The van der Waals surface area contributed by atoms with Crippen LogP contribution in [0.4, 0.5) is 14.5 Å². The second-order valence-electron chi connectivity index (χ2n) is 8.67. The van der Waals surface area contributed by atoms with Crippen LogP contribution >= 0.6 is 0 Å². The fourth-order valence-electron chi connectivity index (χ4n) is 4.72. The number of halogens is 2. The number of carbonyl (C=O) groups excluding carboxylic acids is 3. The quantitative estimate of drug-likeness (QED) is 0.405. The summed E-state index contributed by atoms with van der Waals surface area (Å²) in [5, 5.41) is 28.6. The molecule has 3 aromatic rings. The van der Waals surface area contributed by atoms with Crippen LogP contribution < -0.4 is 4.90 Å². The average molecular weight is 512 g/mol. The van der Waals surface area contributed by atoms with Gasteiger partial charge in [-0.05, 0) is 29.8 Å². The molecule has 11 nitrogen and oxygen atoms in total. The molecule has 1 aromatic heterocycles. The number of imide groups is 1. The van der Waals surface area contributed by atoms with E-state index in [9.17, 15) is 19.5 Å². The molecule has 0 spiro atoms. The summed E-state index contributed by atoms with van der Waals surface area (Å²) in [4.78, 5) is 42.0. The van der Waals surface area contributed by atoms with E-state index in [1.165, 1.54) is 28.1 Å². The fourth-order valence-corrected chi connectivity index (χ4v) is 4.72. The highest BCUT2D eigenvalue weighted by molar-refractivity contribution is 6.21. The number of aromatic amines is 1. The molecule has 3 heterocycles. The maximum Gasteiger partial charge on any atom is 0.262 e. The average Bonchev–Trinajstić information content (AvgIpc) is 3.52. The Kier molecular flexibility index (Phi) is 6.39. The minimum atomic E-state index is -1.55. The van der Waals surface area contributed by atoms with E-state index in [4.69, 9.17) is 5.11 Å². The van der Waals surface area contributed by atoms with Crippen molar-refractivity contribution in [2.24, 2.45) is 0 Å². The normalized spacial score (nSPS) is 17.2. The van der Waals surface area contributed by atoms with Crippen molar-refractivity contribution in [2.45, 2.75) is 12.1 Å². The first kappa shape index (κ1) is 24.5. The minimum Gasteiger partial charge on any atom is -0.393 e. The van der Waals surface area contributed by atoms with Gasteiger partial charge in [0, 0.05) is 32.4 Å². The van der Waals surface area contributed by atoms with Crippen molar-refractivity contribution in [2.75, 3.05) is 37.7 Å². The monoisotopic (exact) mass is 512 g/mol. The third-order valence-corrected chi connectivity index (χ3v) is 6.52. The van der Waals surface area contributed by atoms with Crippen molar-refractivity contribution >= 4 is 23.4 Å². The first-order chi connectivity index (χ1) is 17.8. The van der Waals surface area contributed by atoms with Crippen LogP contribution in [-0.2, 0) is 4.79 Å². The zero-order chi connectivity index (χ0) is 26.3. The summed E-state index contributed by atoms with van der Waals surface area (Å²) in [5.74, 6) is -3.74. The van der Waals surface area contributed by atoms with Crippen LogP contribution in [0.2, 0.25) is 0 Å². The molecule has 2 aliphatic rings. The van der Waals surface area contributed by atoms with E-state index in [0.29, 0.717) is 0 Å². The molecule has 0 saturated carbocycles. The van der Waals surface area contributed by atoms with E-state index in [1.54, 1.807) is 12.1 Å². The molecule has 0 bridgehead atoms. The van der Waals surface area contributed by atoms with Crippen molar-refractivity contribution in [3.63, 3.8) is 0 Å². The van der Waals surface area contributed by atoms with Crippen LogP contribution in [0.5, 0.6) is 0 Å². The maximum absolute atomic E-state index is 15.4. The summed E-state index contributed by atoms with van der Waals surface area (Å²) in [6.07, 6.45) is -0.204. The predicted octanol–water partition coefficient (Wildman–Crippen LogP) is 0.470. The van der Waals surface area contributed by atoms with Gasteiger partial charge < -0.3 is 20.0 Å². The lowest BCUT2D eigenvalue weighted by Crippen LogP contribution is -2.52. The molecular formula is C24H22F2N6O5. The third-order valence-electron chi connectivity index (χ3n) is 6.52. The number of aliphatic hydroxyl groups excluding tert-OH is 2. The van der Waals surface area contributed by atoms with Gasteiger partial charge in [-0.2, -0.15) is 0 Å². The Hall–Kier alpha value is -4.23. The molecule has 192 valence electrons. The number of aromatic nitrogens is 3. The summed E-state index contributed by atoms with van der Waals surface area (Å²) in [6.45, 7) is -0.367. The van der Waals surface area contributed by atoms with Gasteiger partial charge in [0.15, 0.2) is 6.10 Å². The number of anilines is 1. The SMILES string of the molecule is O=C(C(O)CO)N1CCN(c2c(F)cc(C(c3c[nH]nn3)N3C(=O)c4ccccc4C3=O)cc2F)CC1. The highest BCUT2D eigenvalue weighted by Crippen LogP contribution is 2.37. The van der Waals surface area contributed by atoms with E-state index in [2.05, 4.69) is 15.4 Å².